The van der Waals surface area contributed by atoms with Crippen molar-refractivity contribution in [3.8, 4) is 0 Å². The van der Waals surface area contributed by atoms with Gasteiger partial charge in [-0.2, -0.15) is 4.98 Å². The Morgan fingerprint density at radius 1 is 1.37 bits per heavy atom. The van der Waals surface area contributed by atoms with Gasteiger partial charge in [0.25, 0.3) is 0 Å². The van der Waals surface area contributed by atoms with Crippen LogP contribution in [0.2, 0.25) is 5.02 Å². The van der Waals surface area contributed by atoms with Crippen molar-refractivity contribution in [3.63, 3.8) is 0 Å². The molecule has 1 N–H and O–H groups in total. The third-order valence-corrected chi connectivity index (χ3v) is 3.49. The molecule has 0 aliphatic heterocycles. The predicted molar refractivity (Wildman–Crippen MR) is 75.7 cm³/mol. The Bertz CT molecular complexity index is 504. The minimum atomic E-state index is 0.420. The number of halogens is 1. The Hall–Kier alpha value is -1.24. The third kappa shape index (κ3) is 4.74. The molecule has 0 unspecified atom stereocenters. The number of ether oxygens (including phenoxy) is 1. The van der Waals surface area contributed by atoms with E-state index in [9.17, 15) is 0 Å². The Balaban J connectivity index is 1.81. The van der Waals surface area contributed by atoms with E-state index in [1.165, 1.54) is 0 Å². The van der Waals surface area contributed by atoms with Gasteiger partial charge < -0.3 is 14.6 Å². The molecule has 0 atom stereocenters. The molecule has 0 spiro atoms. The van der Waals surface area contributed by atoms with E-state index in [2.05, 4.69) is 15.5 Å². The summed E-state index contributed by atoms with van der Waals surface area (Å²) in [6.45, 7) is 1.24. The number of benzene rings is 1. The second-order valence-corrected chi connectivity index (χ2v) is 5.16. The van der Waals surface area contributed by atoms with Crippen molar-refractivity contribution in [2.75, 3.05) is 25.6 Å². The molecule has 1 heterocycles. The first-order valence-electron chi connectivity index (χ1n) is 5.71. The fourth-order valence-electron chi connectivity index (χ4n) is 1.32. The van der Waals surface area contributed by atoms with E-state index in [-0.39, 0.29) is 0 Å². The van der Waals surface area contributed by atoms with Crippen molar-refractivity contribution in [2.24, 2.45) is 0 Å². The highest BCUT2D eigenvalue weighted by Crippen LogP contribution is 2.23. The number of rotatable bonds is 7. The molecule has 0 radical (unpaired) electrons. The Labute approximate surface area is 120 Å². The zero-order chi connectivity index (χ0) is 13.5. The second-order valence-electron chi connectivity index (χ2n) is 3.68. The smallest absolute Gasteiger partial charge is 0.321 e. The van der Waals surface area contributed by atoms with Gasteiger partial charge in [-0.15, -0.1) is 11.8 Å². The van der Waals surface area contributed by atoms with Gasteiger partial charge in [0.05, 0.1) is 12.4 Å². The van der Waals surface area contributed by atoms with Crippen LogP contribution in [0.4, 0.5) is 6.01 Å². The summed E-state index contributed by atoms with van der Waals surface area (Å²) in [6.07, 6.45) is 0. The Kier molecular flexibility index (Phi) is 5.50. The lowest BCUT2D eigenvalue weighted by molar-refractivity contribution is 0.210. The number of thioether (sulfide) groups is 1. The van der Waals surface area contributed by atoms with Gasteiger partial charge in [-0.05, 0) is 24.3 Å². The fraction of sp³-hybridized carbons (Fsp3) is 0.333. The van der Waals surface area contributed by atoms with Gasteiger partial charge in [-0.1, -0.05) is 16.8 Å². The van der Waals surface area contributed by atoms with Crippen LogP contribution in [0.3, 0.4) is 0 Å². The SMILES string of the molecule is COCCNc1nc(CSc2ccc(Cl)cc2)no1. The maximum Gasteiger partial charge on any atom is 0.321 e. The first kappa shape index (κ1) is 14.2. The highest BCUT2D eigenvalue weighted by Gasteiger charge is 2.06. The van der Waals surface area contributed by atoms with Crippen LogP contribution in [-0.4, -0.2) is 30.4 Å². The quantitative estimate of drug-likeness (QED) is 0.626. The van der Waals surface area contributed by atoms with Gasteiger partial charge in [0.1, 0.15) is 0 Å². The van der Waals surface area contributed by atoms with Crippen molar-refractivity contribution in [3.05, 3.63) is 35.1 Å². The van der Waals surface area contributed by atoms with Crippen molar-refractivity contribution in [1.29, 1.82) is 0 Å². The number of anilines is 1. The van der Waals surface area contributed by atoms with Crippen LogP contribution in [0, 0.1) is 0 Å². The van der Waals surface area contributed by atoms with E-state index >= 15 is 0 Å². The molecule has 5 nitrogen and oxygen atoms in total. The fourth-order valence-corrected chi connectivity index (χ4v) is 2.19. The van der Waals surface area contributed by atoms with Gasteiger partial charge in [-0.3, -0.25) is 0 Å². The lowest BCUT2D eigenvalue weighted by Crippen LogP contribution is -2.07. The summed E-state index contributed by atoms with van der Waals surface area (Å²) in [4.78, 5) is 5.34. The predicted octanol–water partition coefficient (Wildman–Crippen LogP) is 3.07. The van der Waals surface area contributed by atoms with Gasteiger partial charge in [0.15, 0.2) is 5.82 Å². The molecule has 0 fully saturated rings. The average molecular weight is 300 g/mol. The molecule has 102 valence electrons. The van der Waals surface area contributed by atoms with E-state index in [4.69, 9.17) is 20.9 Å². The molecule has 2 rings (SSSR count). The molecule has 0 saturated heterocycles. The summed E-state index contributed by atoms with van der Waals surface area (Å²) >= 11 is 7.45. The van der Waals surface area contributed by atoms with Gasteiger partial charge in [0.2, 0.25) is 0 Å². The second kappa shape index (κ2) is 7.37. The van der Waals surface area contributed by atoms with Crippen LogP contribution in [0.1, 0.15) is 5.82 Å². The zero-order valence-electron chi connectivity index (χ0n) is 10.4. The Morgan fingerprint density at radius 3 is 2.89 bits per heavy atom. The molecule has 0 aliphatic rings. The molecule has 2 aromatic rings. The maximum absolute atomic E-state index is 5.83. The number of nitrogens with zero attached hydrogens (tertiary/aromatic N) is 2. The molecular formula is C12H14ClN3O2S. The number of methoxy groups -OCH3 is 1. The van der Waals surface area contributed by atoms with Gasteiger partial charge >= 0.3 is 6.01 Å². The highest BCUT2D eigenvalue weighted by atomic mass is 35.5. The first-order valence-corrected chi connectivity index (χ1v) is 7.08. The largest absolute Gasteiger partial charge is 0.383 e. The summed E-state index contributed by atoms with van der Waals surface area (Å²) in [6, 6.07) is 8.06. The molecule has 1 aromatic heterocycles. The van der Waals surface area contributed by atoms with Crippen LogP contribution in [-0.2, 0) is 10.5 Å². The van der Waals surface area contributed by atoms with E-state index in [0.29, 0.717) is 30.7 Å². The van der Waals surface area contributed by atoms with E-state index in [0.717, 1.165) is 9.92 Å². The summed E-state index contributed by atoms with van der Waals surface area (Å²) in [5, 5.41) is 7.60. The summed E-state index contributed by atoms with van der Waals surface area (Å²) < 4.78 is 9.97. The van der Waals surface area contributed by atoms with Crippen molar-refractivity contribution >= 4 is 29.4 Å². The number of hydrogen-bond acceptors (Lipinski definition) is 6. The average Bonchev–Trinajstić information content (AvgIpc) is 2.86. The van der Waals surface area contributed by atoms with Crippen molar-refractivity contribution in [1.82, 2.24) is 10.1 Å². The lowest BCUT2D eigenvalue weighted by atomic mass is 10.4. The normalized spacial score (nSPS) is 10.6. The van der Waals surface area contributed by atoms with E-state index in [1.54, 1.807) is 18.9 Å². The Morgan fingerprint density at radius 2 is 2.16 bits per heavy atom. The zero-order valence-corrected chi connectivity index (χ0v) is 12.0. The van der Waals surface area contributed by atoms with Crippen molar-refractivity contribution in [2.45, 2.75) is 10.6 Å². The summed E-state index contributed by atoms with van der Waals surface area (Å²) in [7, 11) is 1.64. The molecule has 0 bridgehead atoms. The molecule has 0 saturated carbocycles. The molecule has 0 aliphatic carbocycles. The summed E-state index contributed by atoms with van der Waals surface area (Å²) in [5.41, 5.74) is 0. The lowest BCUT2D eigenvalue weighted by Gasteiger charge is -1.98. The minimum Gasteiger partial charge on any atom is -0.383 e. The molecule has 0 amide bonds. The summed E-state index contributed by atoms with van der Waals surface area (Å²) in [5.74, 6) is 1.30. The monoisotopic (exact) mass is 299 g/mol. The molecular weight excluding hydrogens is 286 g/mol. The third-order valence-electron chi connectivity index (χ3n) is 2.23. The first-order chi connectivity index (χ1) is 9.28. The number of aromatic nitrogens is 2. The van der Waals surface area contributed by atoms with Crippen LogP contribution in [0.25, 0.3) is 0 Å². The molecule has 7 heteroatoms. The van der Waals surface area contributed by atoms with Crippen molar-refractivity contribution < 1.29 is 9.26 Å². The van der Waals surface area contributed by atoms with Crippen LogP contribution in [0.15, 0.2) is 33.7 Å². The van der Waals surface area contributed by atoms with Crippen LogP contribution >= 0.6 is 23.4 Å². The van der Waals surface area contributed by atoms with E-state index < -0.39 is 0 Å². The van der Waals surface area contributed by atoms with Crippen LogP contribution < -0.4 is 5.32 Å². The number of nitrogens with one attached hydrogen (secondary N) is 1. The van der Waals surface area contributed by atoms with E-state index in [1.807, 2.05) is 24.3 Å². The minimum absolute atomic E-state index is 0.420. The van der Waals surface area contributed by atoms with Crippen LogP contribution in [0.5, 0.6) is 0 Å². The van der Waals surface area contributed by atoms with Gasteiger partial charge in [0, 0.05) is 23.6 Å². The molecule has 19 heavy (non-hydrogen) atoms. The number of hydrogen-bond donors (Lipinski definition) is 1. The standard InChI is InChI=1S/C12H14ClN3O2S/c1-17-7-6-14-12-15-11(16-18-12)8-19-10-4-2-9(13)3-5-10/h2-5H,6-8H2,1H3,(H,14,15,16). The highest BCUT2D eigenvalue weighted by molar-refractivity contribution is 7.98. The van der Waals surface area contributed by atoms with Gasteiger partial charge in [-0.25, -0.2) is 0 Å². The maximum atomic E-state index is 5.83. The molecule has 1 aromatic carbocycles. The topological polar surface area (TPSA) is 60.2 Å².